The minimum Gasteiger partial charge on any atom is -0.368 e. The van der Waals surface area contributed by atoms with Gasteiger partial charge in [-0.1, -0.05) is 18.0 Å². The summed E-state index contributed by atoms with van der Waals surface area (Å²) in [5, 5.41) is 21.4. The van der Waals surface area contributed by atoms with Crippen molar-refractivity contribution in [1.29, 1.82) is 10.5 Å². The van der Waals surface area contributed by atoms with E-state index >= 15 is 0 Å². The maximum Gasteiger partial charge on any atom is 0.122 e. The fourth-order valence-electron chi connectivity index (χ4n) is 2.20. The molecular weight excluding hydrogens is 210 g/mol. The molecule has 0 aromatic rings. The third-order valence-corrected chi connectivity index (χ3v) is 3.22. The molecular formula is C11H10ClN3. The number of fused-ring (bicyclic) bond motifs is 1. The third kappa shape index (κ3) is 1.60. The lowest BCUT2D eigenvalue weighted by Gasteiger charge is -2.31. The van der Waals surface area contributed by atoms with Crippen molar-refractivity contribution in [1.82, 2.24) is 5.32 Å². The Kier molecular flexibility index (Phi) is 2.66. The summed E-state index contributed by atoms with van der Waals surface area (Å²) < 4.78 is 0. The number of rotatable bonds is 0. The van der Waals surface area contributed by atoms with Gasteiger partial charge in [0.1, 0.15) is 22.9 Å². The lowest BCUT2D eigenvalue weighted by molar-refractivity contribution is 0.482. The Bertz CT molecular complexity index is 434. The quantitative estimate of drug-likeness (QED) is 0.636. The van der Waals surface area contributed by atoms with Crippen molar-refractivity contribution in [3.63, 3.8) is 0 Å². The Labute approximate surface area is 93.6 Å². The summed E-state index contributed by atoms with van der Waals surface area (Å²) in [5.74, 6) is 0. The largest absolute Gasteiger partial charge is 0.368 e. The van der Waals surface area contributed by atoms with E-state index in [1.165, 1.54) is 0 Å². The SMILES string of the molecule is N#CC1=C(Cl)NC2CCCCC2=C1C#N. The van der Waals surface area contributed by atoms with E-state index in [0.29, 0.717) is 16.3 Å². The van der Waals surface area contributed by atoms with E-state index in [-0.39, 0.29) is 6.04 Å². The van der Waals surface area contributed by atoms with Gasteiger partial charge in [0, 0.05) is 6.04 Å². The first kappa shape index (κ1) is 10.1. The van der Waals surface area contributed by atoms with Crippen LogP contribution in [0.25, 0.3) is 0 Å². The summed E-state index contributed by atoms with van der Waals surface area (Å²) in [5.41, 5.74) is 1.85. The molecule has 0 aromatic heterocycles. The molecule has 0 radical (unpaired) electrons. The van der Waals surface area contributed by atoms with Crippen molar-refractivity contribution in [3.05, 3.63) is 21.9 Å². The Morgan fingerprint density at radius 1 is 1.20 bits per heavy atom. The molecule has 76 valence electrons. The second-order valence-electron chi connectivity index (χ2n) is 3.76. The third-order valence-electron chi connectivity index (χ3n) is 2.92. The highest BCUT2D eigenvalue weighted by molar-refractivity contribution is 6.30. The number of allylic oxidation sites excluding steroid dienone is 2. The molecule has 0 amide bonds. The fourth-order valence-corrected chi connectivity index (χ4v) is 2.47. The summed E-state index contributed by atoms with van der Waals surface area (Å²) in [6.07, 6.45) is 4.13. The van der Waals surface area contributed by atoms with Crippen molar-refractivity contribution >= 4 is 11.6 Å². The standard InChI is InChI=1S/C11H10ClN3/c12-11-9(6-14)8(5-13)7-3-1-2-4-10(7)15-11/h10,15H,1-4H2. The molecule has 1 unspecified atom stereocenters. The van der Waals surface area contributed by atoms with E-state index < -0.39 is 0 Å². The smallest absolute Gasteiger partial charge is 0.122 e. The van der Waals surface area contributed by atoms with Gasteiger partial charge in [0.15, 0.2) is 0 Å². The predicted octanol–water partition coefficient (Wildman–Crippen LogP) is 2.33. The molecule has 15 heavy (non-hydrogen) atoms. The van der Waals surface area contributed by atoms with Gasteiger partial charge in [0.25, 0.3) is 0 Å². The van der Waals surface area contributed by atoms with E-state index in [0.717, 1.165) is 31.3 Å². The van der Waals surface area contributed by atoms with E-state index in [1.807, 2.05) is 6.07 Å². The molecule has 1 aliphatic carbocycles. The lowest BCUT2D eigenvalue weighted by atomic mass is 9.83. The van der Waals surface area contributed by atoms with E-state index in [2.05, 4.69) is 11.4 Å². The van der Waals surface area contributed by atoms with Crippen molar-refractivity contribution in [2.75, 3.05) is 0 Å². The van der Waals surface area contributed by atoms with Crippen molar-refractivity contribution in [2.45, 2.75) is 31.7 Å². The first-order valence-corrected chi connectivity index (χ1v) is 5.35. The maximum atomic E-state index is 9.07. The Morgan fingerprint density at radius 2 is 1.93 bits per heavy atom. The molecule has 1 aliphatic heterocycles. The molecule has 0 saturated heterocycles. The van der Waals surface area contributed by atoms with Crippen LogP contribution in [0.15, 0.2) is 21.9 Å². The van der Waals surface area contributed by atoms with Gasteiger partial charge >= 0.3 is 0 Å². The Hall–Kier alpha value is -1.45. The van der Waals surface area contributed by atoms with Gasteiger partial charge < -0.3 is 5.32 Å². The average Bonchev–Trinajstić information content (AvgIpc) is 2.27. The maximum absolute atomic E-state index is 9.07. The molecule has 3 nitrogen and oxygen atoms in total. The van der Waals surface area contributed by atoms with Gasteiger partial charge in [-0.05, 0) is 24.8 Å². The van der Waals surface area contributed by atoms with Crippen molar-refractivity contribution in [2.24, 2.45) is 0 Å². The number of nitrogens with zero attached hydrogens (tertiary/aromatic N) is 2. The molecule has 0 bridgehead atoms. The van der Waals surface area contributed by atoms with Crippen LogP contribution < -0.4 is 5.32 Å². The van der Waals surface area contributed by atoms with Crippen LogP contribution in [0.2, 0.25) is 0 Å². The van der Waals surface area contributed by atoms with Crippen molar-refractivity contribution in [3.8, 4) is 12.1 Å². The molecule has 2 rings (SSSR count). The number of hydrogen-bond acceptors (Lipinski definition) is 3. The van der Waals surface area contributed by atoms with Crippen LogP contribution in [0.1, 0.15) is 25.7 Å². The van der Waals surface area contributed by atoms with Gasteiger partial charge in [-0.2, -0.15) is 10.5 Å². The highest BCUT2D eigenvalue weighted by Crippen LogP contribution is 2.34. The number of nitriles is 2. The van der Waals surface area contributed by atoms with Crippen LogP contribution in [-0.4, -0.2) is 6.04 Å². The van der Waals surface area contributed by atoms with Crippen LogP contribution in [0.4, 0.5) is 0 Å². The second kappa shape index (κ2) is 3.96. The van der Waals surface area contributed by atoms with Crippen LogP contribution in [0, 0.1) is 22.7 Å². The van der Waals surface area contributed by atoms with Gasteiger partial charge in [-0.15, -0.1) is 0 Å². The predicted molar refractivity (Wildman–Crippen MR) is 56.5 cm³/mol. The van der Waals surface area contributed by atoms with Crippen LogP contribution in [-0.2, 0) is 0 Å². The van der Waals surface area contributed by atoms with Gasteiger partial charge in [0.05, 0.1) is 5.57 Å². The van der Waals surface area contributed by atoms with E-state index in [4.69, 9.17) is 22.1 Å². The topological polar surface area (TPSA) is 59.6 Å². The van der Waals surface area contributed by atoms with Gasteiger partial charge in [-0.25, -0.2) is 0 Å². The second-order valence-corrected chi connectivity index (χ2v) is 4.13. The molecule has 0 spiro atoms. The zero-order chi connectivity index (χ0) is 10.8. The summed E-state index contributed by atoms with van der Waals surface area (Å²) >= 11 is 5.94. The molecule has 1 N–H and O–H groups in total. The number of halogens is 1. The Balaban J connectivity index is 2.50. The number of nitrogens with one attached hydrogen (secondary N) is 1. The number of hydrogen-bond donors (Lipinski definition) is 1. The Morgan fingerprint density at radius 3 is 2.60 bits per heavy atom. The summed E-state index contributed by atoms with van der Waals surface area (Å²) in [4.78, 5) is 0. The molecule has 1 saturated carbocycles. The van der Waals surface area contributed by atoms with Crippen LogP contribution >= 0.6 is 11.6 Å². The molecule has 1 fully saturated rings. The molecule has 2 aliphatic rings. The first-order chi connectivity index (χ1) is 7.27. The van der Waals surface area contributed by atoms with Gasteiger partial charge in [-0.3, -0.25) is 0 Å². The highest BCUT2D eigenvalue weighted by Gasteiger charge is 2.29. The highest BCUT2D eigenvalue weighted by atomic mass is 35.5. The minimum absolute atomic E-state index is 0.165. The molecule has 1 atom stereocenters. The molecule has 4 heteroatoms. The summed E-state index contributed by atoms with van der Waals surface area (Å²) in [6.45, 7) is 0. The first-order valence-electron chi connectivity index (χ1n) is 4.98. The summed E-state index contributed by atoms with van der Waals surface area (Å²) in [7, 11) is 0. The van der Waals surface area contributed by atoms with E-state index in [1.54, 1.807) is 0 Å². The number of dihydropyridines is 1. The molecule has 1 heterocycles. The van der Waals surface area contributed by atoms with Crippen LogP contribution in [0.5, 0.6) is 0 Å². The fraction of sp³-hybridized carbons (Fsp3) is 0.455. The van der Waals surface area contributed by atoms with E-state index in [9.17, 15) is 0 Å². The minimum atomic E-state index is 0.165. The van der Waals surface area contributed by atoms with Crippen LogP contribution in [0.3, 0.4) is 0 Å². The lowest BCUT2D eigenvalue weighted by Crippen LogP contribution is -2.35. The average molecular weight is 220 g/mol. The van der Waals surface area contributed by atoms with Gasteiger partial charge in [0.2, 0.25) is 0 Å². The monoisotopic (exact) mass is 219 g/mol. The summed E-state index contributed by atoms with van der Waals surface area (Å²) in [6, 6.07) is 4.27. The zero-order valence-electron chi connectivity index (χ0n) is 8.18. The zero-order valence-corrected chi connectivity index (χ0v) is 8.93. The van der Waals surface area contributed by atoms with Crippen molar-refractivity contribution < 1.29 is 0 Å². The normalized spacial score (nSPS) is 25.1. The molecule has 0 aromatic carbocycles.